The van der Waals surface area contributed by atoms with E-state index in [0.717, 1.165) is 47.3 Å². The van der Waals surface area contributed by atoms with Crippen LogP contribution in [0, 0.1) is 5.82 Å². The fourth-order valence-corrected chi connectivity index (χ4v) is 4.41. The number of benzene rings is 3. The van der Waals surface area contributed by atoms with Gasteiger partial charge in [-0.2, -0.15) is 0 Å². The van der Waals surface area contributed by atoms with Crippen LogP contribution in [0.25, 0.3) is 0 Å². The molecule has 4 nitrogen and oxygen atoms in total. The van der Waals surface area contributed by atoms with Crippen molar-refractivity contribution in [2.75, 3.05) is 42.9 Å². The molecule has 4 rings (SSSR count). The first-order chi connectivity index (χ1) is 14.7. The van der Waals surface area contributed by atoms with Crippen molar-refractivity contribution in [3.8, 4) is 0 Å². The van der Waals surface area contributed by atoms with Crippen LogP contribution in [0.5, 0.6) is 0 Å². The minimum atomic E-state index is -0.222. The molecule has 30 heavy (non-hydrogen) atoms. The smallest absolute Gasteiger partial charge is 0.238 e. The van der Waals surface area contributed by atoms with Gasteiger partial charge in [-0.1, -0.05) is 42.1 Å². The van der Waals surface area contributed by atoms with E-state index in [-0.39, 0.29) is 11.7 Å². The lowest BCUT2D eigenvalue weighted by molar-refractivity contribution is -0.117. The molecule has 0 aliphatic carbocycles. The molecule has 0 atom stereocenters. The Kier molecular flexibility index (Phi) is 6.67. The van der Waals surface area contributed by atoms with E-state index < -0.39 is 0 Å². The molecule has 1 aliphatic heterocycles. The highest BCUT2D eigenvalue weighted by atomic mass is 32.2. The number of para-hydroxylation sites is 1. The number of nitrogens with one attached hydrogen (secondary N) is 1. The third kappa shape index (κ3) is 5.40. The van der Waals surface area contributed by atoms with Gasteiger partial charge >= 0.3 is 0 Å². The van der Waals surface area contributed by atoms with Crippen molar-refractivity contribution in [2.24, 2.45) is 0 Å². The molecular weight excluding hydrogens is 397 g/mol. The summed E-state index contributed by atoms with van der Waals surface area (Å²) in [7, 11) is 0. The predicted molar refractivity (Wildman–Crippen MR) is 121 cm³/mol. The summed E-state index contributed by atoms with van der Waals surface area (Å²) in [4.78, 5) is 19.2. The van der Waals surface area contributed by atoms with Gasteiger partial charge in [0, 0.05) is 41.7 Å². The number of rotatable bonds is 6. The Morgan fingerprint density at radius 1 is 0.867 bits per heavy atom. The van der Waals surface area contributed by atoms with Crippen molar-refractivity contribution in [1.29, 1.82) is 0 Å². The maximum Gasteiger partial charge on any atom is 0.238 e. The summed E-state index contributed by atoms with van der Waals surface area (Å²) in [5.41, 5.74) is 1.86. The first-order valence-corrected chi connectivity index (χ1v) is 10.8. The van der Waals surface area contributed by atoms with Crippen LogP contribution in [0.1, 0.15) is 0 Å². The number of amides is 1. The summed E-state index contributed by atoms with van der Waals surface area (Å²) < 4.78 is 13.1. The molecule has 1 fully saturated rings. The Hall–Kier alpha value is -2.83. The van der Waals surface area contributed by atoms with Gasteiger partial charge in [-0.25, -0.2) is 4.39 Å². The molecular formula is C24H24FN3OS. The Balaban J connectivity index is 1.31. The fourth-order valence-electron chi connectivity index (χ4n) is 3.48. The average Bonchev–Trinajstić information content (AvgIpc) is 2.77. The molecule has 1 amide bonds. The number of carbonyl (C=O) groups is 1. The molecule has 0 bridgehead atoms. The molecule has 0 spiro atoms. The molecule has 3 aromatic rings. The standard InChI is InChI=1S/C24H24FN3OS/c25-19-10-12-20(13-11-19)28-16-14-27(15-17-28)18-24(29)26-22-8-4-5-9-23(22)30-21-6-2-1-3-7-21/h1-13H,14-18H2,(H,26,29). The van der Waals surface area contributed by atoms with E-state index in [1.165, 1.54) is 12.1 Å². The Morgan fingerprint density at radius 2 is 1.53 bits per heavy atom. The quantitative estimate of drug-likeness (QED) is 0.624. The molecule has 0 aromatic heterocycles. The van der Waals surface area contributed by atoms with E-state index in [9.17, 15) is 9.18 Å². The van der Waals surface area contributed by atoms with Gasteiger partial charge in [-0.05, 0) is 48.5 Å². The van der Waals surface area contributed by atoms with E-state index in [4.69, 9.17) is 0 Å². The van der Waals surface area contributed by atoms with Gasteiger partial charge in [0.2, 0.25) is 5.91 Å². The van der Waals surface area contributed by atoms with Crippen LogP contribution in [-0.2, 0) is 4.79 Å². The van der Waals surface area contributed by atoms with Crippen LogP contribution < -0.4 is 10.2 Å². The molecule has 1 N–H and O–H groups in total. The van der Waals surface area contributed by atoms with Gasteiger partial charge in [-0.3, -0.25) is 9.69 Å². The molecule has 1 heterocycles. The van der Waals surface area contributed by atoms with E-state index in [0.29, 0.717) is 6.54 Å². The number of piperazine rings is 1. The molecule has 1 saturated heterocycles. The highest BCUT2D eigenvalue weighted by molar-refractivity contribution is 7.99. The number of hydrogen-bond donors (Lipinski definition) is 1. The first kappa shape index (κ1) is 20.4. The Labute approximate surface area is 180 Å². The zero-order valence-electron chi connectivity index (χ0n) is 16.6. The topological polar surface area (TPSA) is 35.6 Å². The van der Waals surface area contributed by atoms with Crippen LogP contribution in [-0.4, -0.2) is 43.5 Å². The van der Waals surface area contributed by atoms with Crippen LogP contribution in [0.15, 0.2) is 88.7 Å². The number of carbonyl (C=O) groups excluding carboxylic acids is 1. The summed E-state index contributed by atoms with van der Waals surface area (Å²) in [6, 6.07) is 24.6. The summed E-state index contributed by atoms with van der Waals surface area (Å²) in [6.45, 7) is 3.59. The normalized spacial score (nSPS) is 14.5. The maximum absolute atomic E-state index is 13.1. The van der Waals surface area contributed by atoms with Crippen molar-refractivity contribution >= 4 is 29.0 Å². The fraction of sp³-hybridized carbons (Fsp3) is 0.208. The SMILES string of the molecule is O=C(CN1CCN(c2ccc(F)cc2)CC1)Nc1ccccc1Sc1ccccc1. The van der Waals surface area contributed by atoms with Crippen molar-refractivity contribution in [1.82, 2.24) is 4.90 Å². The molecule has 3 aromatic carbocycles. The molecule has 0 unspecified atom stereocenters. The lowest BCUT2D eigenvalue weighted by Crippen LogP contribution is -2.48. The predicted octanol–water partition coefficient (Wildman–Crippen LogP) is 4.74. The third-order valence-electron chi connectivity index (χ3n) is 5.06. The van der Waals surface area contributed by atoms with Gasteiger partial charge in [0.25, 0.3) is 0 Å². The van der Waals surface area contributed by atoms with E-state index in [1.54, 1.807) is 23.9 Å². The Morgan fingerprint density at radius 3 is 2.27 bits per heavy atom. The molecule has 1 aliphatic rings. The summed E-state index contributed by atoms with van der Waals surface area (Å²) in [5, 5.41) is 3.07. The number of hydrogen-bond acceptors (Lipinski definition) is 4. The largest absolute Gasteiger partial charge is 0.369 e. The second kappa shape index (κ2) is 9.78. The monoisotopic (exact) mass is 421 g/mol. The van der Waals surface area contributed by atoms with Crippen molar-refractivity contribution < 1.29 is 9.18 Å². The van der Waals surface area contributed by atoms with Gasteiger partial charge < -0.3 is 10.2 Å². The molecule has 0 saturated carbocycles. The lowest BCUT2D eigenvalue weighted by atomic mass is 10.2. The lowest BCUT2D eigenvalue weighted by Gasteiger charge is -2.35. The van der Waals surface area contributed by atoms with Crippen molar-refractivity contribution in [3.63, 3.8) is 0 Å². The van der Waals surface area contributed by atoms with Gasteiger partial charge in [0.15, 0.2) is 0 Å². The minimum Gasteiger partial charge on any atom is -0.369 e. The third-order valence-corrected chi connectivity index (χ3v) is 6.15. The van der Waals surface area contributed by atoms with Crippen LogP contribution in [0.2, 0.25) is 0 Å². The number of halogens is 1. The number of nitrogens with zero attached hydrogens (tertiary/aromatic N) is 2. The van der Waals surface area contributed by atoms with Gasteiger partial charge in [-0.15, -0.1) is 0 Å². The van der Waals surface area contributed by atoms with Crippen LogP contribution in [0.4, 0.5) is 15.8 Å². The zero-order chi connectivity index (χ0) is 20.8. The van der Waals surface area contributed by atoms with Crippen molar-refractivity contribution in [2.45, 2.75) is 9.79 Å². The Bertz CT molecular complexity index is 973. The van der Waals surface area contributed by atoms with Gasteiger partial charge in [0.05, 0.1) is 12.2 Å². The van der Waals surface area contributed by atoms with E-state index >= 15 is 0 Å². The molecule has 154 valence electrons. The van der Waals surface area contributed by atoms with Gasteiger partial charge in [0.1, 0.15) is 5.82 Å². The number of anilines is 2. The zero-order valence-corrected chi connectivity index (χ0v) is 17.4. The summed E-state index contributed by atoms with van der Waals surface area (Å²) >= 11 is 1.64. The van der Waals surface area contributed by atoms with Crippen molar-refractivity contribution in [3.05, 3.63) is 84.7 Å². The average molecular weight is 422 g/mol. The maximum atomic E-state index is 13.1. The summed E-state index contributed by atoms with van der Waals surface area (Å²) in [6.07, 6.45) is 0. The summed E-state index contributed by atoms with van der Waals surface area (Å²) in [5.74, 6) is -0.230. The first-order valence-electron chi connectivity index (χ1n) is 10.0. The van der Waals surface area contributed by atoms with Crippen LogP contribution in [0.3, 0.4) is 0 Å². The minimum absolute atomic E-state index is 0.00801. The second-order valence-electron chi connectivity index (χ2n) is 7.20. The van der Waals surface area contributed by atoms with Crippen LogP contribution >= 0.6 is 11.8 Å². The molecule has 0 radical (unpaired) electrons. The molecule has 6 heteroatoms. The highest BCUT2D eigenvalue weighted by Crippen LogP contribution is 2.33. The van der Waals surface area contributed by atoms with E-state index in [2.05, 4.69) is 27.2 Å². The second-order valence-corrected chi connectivity index (χ2v) is 8.31. The highest BCUT2D eigenvalue weighted by Gasteiger charge is 2.19. The van der Waals surface area contributed by atoms with E-state index in [1.807, 2.05) is 42.5 Å².